The Morgan fingerprint density at radius 1 is 0.886 bits per heavy atom. The van der Waals surface area contributed by atoms with Crippen molar-refractivity contribution in [2.24, 2.45) is 0 Å². The Bertz CT molecular complexity index is 813. The molecule has 2 rings (SSSR count). The zero-order valence-electron chi connectivity index (χ0n) is 21.2. The van der Waals surface area contributed by atoms with Gasteiger partial charge in [0.2, 0.25) is 5.91 Å². The minimum atomic E-state index is -0.322. The molecule has 1 aliphatic rings. The summed E-state index contributed by atoms with van der Waals surface area (Å²) in [5.74, 6) is -0.477. The van der Waals surface area contributed by atoms with Gasteiger partial charge in [-0.25, -0.2) is 0 Å². The Morgan fingerprint density at radius 2 is 1.66 bits per heavy atom. The Labute approximate surface area is 208 Å². The number of benzene rings is 1. The summed E-state index contributed by atoms with van der Waals surface area (Å²) in [6, 6.07) is 9.25. The molecule has 8 heteroatoms. The Kier molecular flexibility index (Phi) is 13.0. The number of unbranched alkanes of at least 4 members (excludes halogenated alkanes) is 2. The maximum atomic E-state index is 12.8. The lowest BCUT2D eigenvalue weighted by molar-refractivity contribution is -0.147. The fourth-order valence-electron chi connectivity index (χ4n) is 4.01. The number of Topliss-reactive ketones (excluding diaryl/α,β-unsaturated/α-hetero) is 1. The summed E-state index contributed by atoms with van der Waals surface area (Å²) in [7, 11) is 0. The normalized spacial score (nSPS) is 16.1. The first kappa shape index (κ1) is 28.5. The zero-order chi connectivity index (χ0) is 25.5. The van der Waals surface area contributed by atoms with Gasteiger partial charge in [0.1, 0.15) is 19.0 Å². The standard InChI is InChI=1S/C27H40N2O6/c1-3-5-7-13-24(30)19-28-16-17-29(18-23(28)21-35-26(32)4-2)25(31)14-10-15-27(33)34-20-22-11-8-6-9-12-22/h6,8-9,11-12,23H,3-5,7,10,13-21H2,1-2H3. The second-order valence-electron chi connectivity index (χ2n) is 9.00. The van der Waals surface area contributed by atoms with Gasteiger partial charge in [-0.15, -0.1) is 0 Å². The van der Waals surface area contributed by atoms with Crippen LogP contribution >= 0.6 is 0 Å². The van der Waals surface area contributed by atoms with E-state index in [0.717, 1.165) is 24.8 Å². The molecule has 1 fully saturated rings. The first-order valence-corrected chi connectivity index (χ1v) is 12.8. The summed E-state index contributed by atoms with van der Waals surface area (Å²) in [6.45, 7) is 6.00. The molecule has 0 aliphatic carbocycles. The fraction of sp³-hybridized carbons (Fsp3) is 0.630. The summed E-state index contributed by atoms with van der Waals surface area (Å²) in [4.78, 5) is 52.7. The van der Waals surface area contributed by atoms with Gasteiger partial charge in [-0.2, -0.15) is 0 Å². The maximum absolute atomic E-state index is 12.8. The molecule has 0 N–H and O–H groups in total. The third kappa shape index (κ3) is 11.0. The molecule has 8 nitrogen and oxygen atoms in total. The van der Waals surface area contributed by atoms with E-state index in [9.17, 15) is 19.2 Å². The van der Waals surface area contributed by atoms with E-state index in [4.69, 9.17) is 9.47 Å². The predicted octanol–water partition coefficient (Wildman–Crippen LogP) is 3.52. The van der Waals surface area contributed by atoms with Crippen molar-refractivity contribution in [3.05, 3.63) is 35.9 Å². The van der Waals surface area contributed by atoms with Crippen molar-refractivity contribution in [3.63, 3.8) is 0 Å². The van der Waals surface area contributed by atoms with Crippen LogP contribution in [0.1, 0.15) is 70.8 Å². The van der Waals surface area contributed by atoms with Crippen LogP contribution in [0.5, 0.6) is 0 Å². The SMILES string of the molecule is CCCCCC(=O)CN1CCN(C(=O)CCCC(=O)OCc2ccccc2)CC1COC(=O)CC. The van der Waals surface area contributed by atoms with Crippen LogP contribution in [-0.2, 0) is 35.3 Å². The number of ether oxygens (including phenoxy) is 2. The van der Waals surface area contributed by atoms with Crippen LogP contribution in [0.25, 0.3) is 0 Å². The highest BCUT2D eigenvalue weighted by Gasteiger charge is 2.31. The van der Waals surface area contributed by atoms with Gasteiger partial charge in [-0.05, 0) is 18.4 Å². The second-order valence-corrected chi connectivity index (χ2v) is 9.00. The molecule has 194 valence electrons. The molecule has 35 heavy (non-hydrogen) atoms. The van der Waals surface area contributed by atoms with Crippen LogP contribution in [0.4, 0.5) is 0 Å². The van der Waals surface area contributed by atoms with Crippen LogP contribution in [0, 0.1) is 0 Å². The molecule has 1 aromatic carbocycles. The van der Waals surface area contributed by atoms with Crippen LogP contribution in [0.15, 0.2) is 30.3 Å². The number of hydrogen-bond acceptors (Lipinski definition) is 7. The molecular weight excluding hydrogens is 448 g/mol. The lowest BCUT2D eigenvalue weighted by Crippen LogP contribution is -2.57. The van der Waals surface area contributed by atoms with Crippen molar-refractivity contribution in [2.45, 2.75) is 77.9 Å². The van der Waals surface area contributed by atoms with Crippen molar-refractivity contribution < 1.29 is 28.7 Å². The number of carbonyl (C=O) groups is 4. The maximum Gasteiger partial charge on any atom is 0.306 e. The van der Waals surface area contributed by atoms with E-state index >= 15 is 0 Å². The molecule has 1 unspecified atom stereocenters. The largest absolute Gasteiger partial charge is 0.464 e. The molecule has 0 bridgehead atoms. The molecule has 1 heterocycles. The Morgan fingerprint density at radius 3 is 2.37 bits per heavy atom. The van der Waals surface area contributed by atoms with E-state index in [0.29, 0.717) is 39.0 Å². The molecule has 1 saturated heterocycles. The number of rotatable bonds is 15. The first-order chi connectivity index (χ1) is 16.9. The van der Waals surface area contributed by atoms with Crippen molar-refractivity contribution in [1.82, 2.24) is 9.80 Å². The summed E-state index contributed by atoms with van der Waals surface area (Å²) < 4.78 is 10.6. The highest BCUT2D eigenvalue weighted by atomic mass is 16.5. The number of piperazine rings is 1. The van der Waals surface area contributed by atoms with E-state index < -0.39 is 0 Å². The lowest BCUT2D eigenvalue weighted by atomic mass is 10.1. The highest BCUT2D eigenvalue weighted by Crippen LogP contribution is 2.15. The first-order valence-electron chi connectivity index (χ1n) is 12.8. The number of esters is 2. The van der Waals surface area contributed by atoms with Gasteiger partial charge in [0.25, 0.3) is 0 Å². The van der Waals surface area contributed by atoms with E-state index in [2.05, 4.69) is 6.92 Å². The van der Waals surface area contributed by atoms with Gasteiger partial charge < -0.3 is 14.4 Å². The summed E-state index contributed by atoms with van der Waals surface area (Å²) in [6.07, 6.45) is 4.66. The van der Waals surface area contributed by atoms with Gasteiger partial charge in [0, 0.05) is 45.3 Å². The highest BCUT2D eigenvalue weighted by molar-refractivity contribution is 5.80. The zero-order valence-corrected chi connectivity index (χ0v) is 21.2. The number of hydrogen-bond donors (Lipinski definition) is 0. The molecule has 1 aromatic rings. The molecule has 1 atom stereocenters. The molecular formula is C27H40N2O6. The van der Waals surface area contributed by atoms with Crippen LogP contribution in [0.2, 0.25) is 0 Å². The third-order valence-corrected chi connectivity index (χ3v) is 6.14. The molecule has 0 spiro atoms. The Balaban J connectivity index is 1.79. The van der Waals surface area contributed by atoms with Crippen LogP contribution in [-0.4, -0.2) is 72.3 Å². The van der Waals surface area contributed by atoms with Gasteiger partial charge >= 0.3 is 11.9 Å². The number of ketones is 1. The molecule has 0 aromatic heterocycles. The van der Waals surface area contributed by atoms with Crippen molar-refractivity contribution >= 4 is 23.6 Å². The van der Waals surface area contributed by atoms with Gasteiger partial charge in [0.05, 0.1) is 12.6 Å². The van der Waals surface area contributed by atoms with Crippen molar-refractivity contribution in [3.8, 4) is 0 Å². The molecule has 1 aliphatic heterocycles. The predicted molar refractivity (Wildman–Crippen MR) is 132 cm³/mol. The Hall–Kier alpha value is -2.74. The number of amides is 1. The van der Waals surface area contributed by atoms with Gasteiger partial charge in [-0.3, -0.25) is 24.1 Å². The average molecular weight is 489 g/mol. The fourth-order valence-corrected chi connectivity index (χ4v) is 4.01. The average Bonchev–Trinajstić information content (AvgIpc) is 2.87. The second kappa shape index (κ2) is 16.0. The molecule has 0 saturated carbocycles. The monoisotopic (exact) mass is 488 g/mol. The summed E-state index contributed by atoms with van der Waals surface area (Å²) in [5, 5.41) is 0. The van der Waals surface area contributed by atoms with E-state index in [-0.39, 0.29) is 62.1 Å². The minimum Gasteiger partial charge on any atom is -0.464 e. The molecule has 1 amide bonds. The smallest absolute Gasteiger partial charge is 0.306 e. The minimum absolute atomic E-state index is 0.0402. The van der Waals surface area contributed by atoms with Crippen molar-refractivity contribution in [1.29, 1.82) is 0 Å². The quantitative estimate of drug-likeness (QED) is 0.275. The van der Waals surface area contributed by atoms with Crippen LogP contribution in [0.3, 0.4) is 0 Å². The number of nitrogens with zero attached hydrogens (tertiary/aromatic N) is 2. The summed E-state index contributed by atoms with van der Waals surface area (Å²) >= 11 is 0. The van der Waals surface area contributed by atoms with E-state index in [1.54, 1.807) is 11.8 Å². The lowest BCUT2D eigenvalue weighted by Gasteiger charge is -2.40. The topological polar surface area (TPSA) is 93.2 Å². The van der Waals surface area contributed by atoms with Crippen LogP contribution < -0.4 is 0 Å². The number of carbonyl (C=O) groups excluding carboxylic acids is 4. The molecule has 0 radical (unpaired) electrons. The van der Waals surface area contributed by atoms with Gasteiger partial charge in [-0.1, -0.05) is 57.0 Å². The summed E-state index contributed by atoms with van der Waals surface area (Å²) in [5.41, 5.74) is 0.924. The van der Waals surface area contributed by atoms with Crippen molar-refractivity contribution in [2.75, 3.05) is 32.8 Å². The van der Waals surface area contributed by atoms with E-state index in [1.165, 1.54) is 0 Å². The van der Waals surface area contributed by atoms with E-state index in [1.807, 2.05) is 35.2 Å². The third-order valence-electron chi connectivity index (χ3n) is 6.14. The van der Waals surface area contributed by atoms with Gasteiger partial charge in [0.15, 0.2) is 0 Å².